The van der Waals surface area contributed by atoms with E-state index in [0.717, 1.165) is 4.68 Å². The van der Waals surface area contributed by atoms with Gasteiger partial charge in [-0.2, -0.15) is 18.2 Å². The molecular weight excluding hydrogens is 418 g/mol. The number of fused-ring (bicyclic) bond motifs is 2. The summed E-state index contributed by atoms with van der Waals surface area (Å²) in [7, 11) is -3.89. The van der Waals surface area contributed by atoms with Crippen LogP contribution in [-0.2, 0) is 14.8 Å². The second-order valence-corrected chi connectivity index (χ2v) is 8.01. The zero-order chi connectivity index (χ0) is 16.9. The van der Waals surface area contributed by atoms with Crippen molar-refractivity contribution in [1.82, 2.24) is 19.2 Å². The predicted molar refractivity (Wildman–Crippen MR) is 92.4 cm³/mol. The van der Waals surface area contributed by atoms with Gasteiger partial charge in [-0.25, -0.2) is 4.98 Å². The molecule has 0 aliphatic heterocycles. The molecule has 0 aliphatic rings. The first-order chi connectivity index (χ1) is 11.5. The molecule has 0 unspecified atom stereocenters. The van der Waals surface area contributed by atoms with Crippen LogP contribution in [0.2, 0.25) is 0 Å². The number of imidazole rings is 1. The van der Waals surface area contributed by atoms with Crippen LogP contribution in [0.3, 0.4) is 0 Å². The highest BCUT2D eigenvalue weighted by atomic mass is 79.9. The maximum absolute atomic E-state index is 12.7. The fraction of sp³-hybridized carbons (Fsp3) is 0. The number of anilines is 1. The second kappa shape index (κ2) is 5.40. The number of thiazole rings is 1. The maximum Gasteiger partial charge on any atom is 0.339 e. The van der Waals surface area contributed by atoms with Crippen LogP contribution >= 0.6 is 27.3 Å². The molecule has 0 atom stereocenters. The van der Waals surface area contributed by atoms with Crippen molar-refractivity contribution in [3.63, 3.8) is 0 Å². The highest BCUT2D eigenvalue weighted by molar-refractivity contribution is 9.10. The van der Waals surface area contributed by atoms with E-state index in [-0.39, 0.29) is 9.63 Å². The van der Waals surface area contributed by atoms with Crippen LogP contribution < -0.4 is 4.72 Å². The third-order valence-electron chi connectivity index (χ3n) is 3.34. The van der Waals surface area contributed by atoms with Crippen molar-refractivity contribution in [3.05, 3.63) is 40.6 Å². The highest BCUT2D eigenvalue weighted by Crippen LogP contribution is 2.28. The Morgan fingerprint density at radius 2 is 2.17 bits per heavy atom. The highest BCUT2D eigenvalue weighted by Gasteiger charge is 2.25. The first kappa shape index (κ1) is 15.3. The molecule has 0 saturated carbocycles. The molecule has 1 N–H and O–H groups in total. The molecular formula is C13H7BrN5O3S2. The van der Waals surface area contributed by atoms with E-state index in [4.69, 9.17) is 0 Å². The van der Waals surface area contributed by atoms with Gasteiger partial charge in [-0.1, -0.05) is 0 Å². The van der Waals surface area contributed by atoms with E-state index in [1.165, 1.54) is 28.0 Å². The van der Waals surface area contributed by atoms with Crippen molar-refractivity contribution in [3.8, 4) is 0 Å². The molecule has 1 aromatic carbocycles. The summed E-state index contributed by atoms with van der Waals surface area (Å²) < 4.78 is 30.7. The number of nitrogens with zero attached hydrogens (tertiary/aromatic N) is 4. The minimum Gasteiger partial charge on any atom is -0.278 e. The molecule has 4 rings (SSSR count). The second-order valence-electron chi connectivity index (χ2n) is 4.79. The third-order valence-corrected chi connectivity index (χ3v) is 6.32. The Labute approximate surface area is 147 Å². The summed E-state index contributed by atoms with van der Waals surface area (Å²) in [6, 6.07) is 4.78. The molecule has 3 aromatic heterocycles. The Bertz CT molecular complexity index is 1190. The van der Waals surface area contributed by atoms with Gasteiger partial charge < -0.3 is 0 Å². The smallest absolute Gasteiger partial charge is 0.278 e. The lowest BCUT2D eigenvalue weighted by molar-refractivity contribution is 0.542. The van der Waals surface area contributed by atoms with Crippen LogP contribution in [0.4, 0.5) is 5.69 Å². The standard InChI is InChI=1S/C13H7BrN5O3S2/c14-11-12(18-3-4-23-13(18)16-11)24(21,22)17-9-2-1-8-6-15-19(7-20)10(8)5-9/h1-6,17H. The predicted octanol–water partition coefficient (Wildman–Crippen LogP) is 2.22. The van der Waals surface area contributed by atoms with Gasteiger partial charge in [-0.3, -0.25) is 13.9 Å². The first-order valence-corrected chi connectivity index (χ1v) is 9.65. The van der Waals surface area contributed by atoms with E-state index >= 15 is 0 Å². The number of hydrogen-bond acceptors (Lipinski definition) is 6. The number of sulfonamides is 1. The van der Waals surface area contributed by atoms with Gasteiger partial charge in [0.1, 0.15) is 4.60 Å². The third kappa shape index (κ3) is 2.32. The molecule has 0 spiro atoms. The largest absolute Gasteiger partial charge is 0.339 e. The van der Waals surface area contributed by atoms with Crippen molar-refractivity contribution in [1.29, 1.82) is 0 Å². The van der Waals surface area contributed by atoms with E-state index in [9.17, 15) is 13.2 Å². The summed E-state index contributed by atoms with van der Waals surface area (Å²) in [6.45, 7) is 0. The summed E-state index contributed by atoms with van der Waals surface area (Å²) in [5.74, 6) is 0. The van der Waals surface area contributed by atoms with Crippen molar-refractivity contribution < 1.29 is 13.2 Å². The quantitative estimate of drug-likeness (QED) is 0.541. The van der Waals surface area contributed by atoms with Crippen molar-refractivity contribution in [2.45, 2.75) is 5.03 Å². The summed E-state index contributed by atoms with van der Waals surface area (Å²) in [5, 5.41) is 6.30. The number of hydrogen-bond donors (Lipinski definition) is 1. The number of rotatable bonds is 4. The Hall–Kier alpha value is -2.24. The fourth-order valence-corrected chi connectivity index (χ4v) is 5.43. The van der Waals surface area contributed by atoms with E-state index in [0.29, 0.717) is 21.6 Å². The first-order valence-electron chi connectivity index (χ1n) is 6.49. The number of nitrogens with one attached hydrogen (secondary N) is 1. The SMILES string of the molecule is O=[C]n1ncc2ccc(NS(=O)(=O)c3c(Br)nc4sccn34)cc21. The van der Waals surface area contributed by atoms with Gasteiger partial charge in [-0.15, -0.1) is 11.3 Å². The van der Waals surface area contributed by atoms with Crippen LogP contribution in [0.1, 0.15) is 0 Å². The normalized spacial score (nSPS) is 12.0. The average molecular weight is 425 g/mol. The Kier molecular flexibility index (Phi) is 3.44. The van der Waals surface area contributed by atoms with Gasteiger partial charge in [0.25, 0.3) is 10.0 Å². The van der Waals surface area contributed by atoms with Crippen molar-refractivity contribution >= 4 is 65.3 Å². The lowest BCUT2D eigenvalue weighted by atomic mass is 10.2. The Balaban J connectivity index is 1.80. The minimum atomic E-state index is -3.89. The molecule has 0 bridgehead atoms. The van der Waals surface area contributed by atoms with E-state index in [1.54, 1.807) is 30.1 Å². The molecule has 8 nitrogen and oxygen atoms in total. The minimum absolute atomic E-state index is 0.00862. The molecule has 4 aromatic rings. The van der Waals surface area contributed by atoms with Crippen LogP contribution in [0.15, 0.2) is 45.6 Å². The van der Waals surface area contributed by atoms with Gasteiger partial charge in [0.05, 0.1) is 17.4 Å². The average Bonchev–Trinajstić information content (AvgIpc) is 3.19. The van der Waals surface area contributed by atoms with Gasteiger partial charge >= 0.3 is 6.41 Å². The summed E-state index contributed by atoms with van der Waals surface area (Å²) in [4.78, 5) is 15.6. The molecule has 1 radical (unpaired) electrons. The maximum atomic E-state index is 12.7. The molecule has 0 amide bonds. The van der Waals surface area contributed by atoms with Crippen LogP contribution in [0.25, 0.3) is 15.9 Å². The van der Waals surface area contributed by atoms with Crippen molar-refractivity contribution in [2.24, 2.45) is 0 Å². The van der Waals surface area contributed by atoms with E-state index < -0.39 is 10.0 Å². The van der Waals surface area contributed by atoms with E-state index in [2.05, 4.69) is 30.7 Å². The van der Waals surface area contributed by atoms with Crippen LogP contribution in [0.5, 0.6) is 0 Å². The van der Waals surface area contributed by atoms with Crippen molar-refractivity contribution in [2.75, 3.05) is 4.72 Å². The Morgan fingerprint density at radius 3 is 2.96 bits per heavy atom. The van der Waals surface area contributed by atoms with Crippen LogP contribution in [0, 0.1) is 0 Å². The zero-order valence-electron chi connectivity index (χ0n) is 11.7. The lowest BCUT2D eigenvalue weighted by Gasteiger charge is -2.08. The molecule has 24 heavy (non-hydrogen) atoms. The van der Waals surface area contributed by atoms with Gasteiger partial charge in [0.15, 0.2) is 9.99 Å². The number of benzene rings is 1. The van der Waals surface area contributed by atoms with Gasteiger partial charge in [0.2, 0.25) is 0 Å². The Morgan fingerprint density at radius 1 is 1.33 bits per heavy atom. The molecule has 0 fully saturated rings. The zero-order valence-corrected chi connectivity index (χ0v) is 14.9. The monoisotopic (exact) mass is 424 g/mol. The number of halogens is 1. The molecule has 0 saturated heterocycles. The van der Waals surface area contributed by atoms with Gasteiger partial charge in [-0.05, 0) is 34.1 Å². The number of aromatic nitrogens is 4. The lowest BCUT2D eigenvalue weighted by Crippen LogP contribution is -2.15. The topological polar surface area (TPSA) is 98.4 Å². The van der Waals surface area contributed by atoms with Crippen LogP contribution in [-0.4, -0.2) is 34.0 Å². The molecule has 0 aliphatic carbocycles. The number of carbonyl (C=O) groups excluding carboxylic acids is 1. The molecule has 3 heterocycles. The summed E-state index contributed by atoms with van der Waals surface area (Å²) >= 11 is 4.51. The molecule has 121 valence electrons. The summed E-state index contributed by atoms with van der Waals surface area (Å²) in [5.41, 5.74) is 0.759. The molecule has 11 heteroatoms. The van der Waals surface area contributed by atoms with Gasteiger partial charge in [0, 0.05) is 17.0 Å². The fourth-order valence-electron chi connectivity index (χ4n) is 2.34. The van der Waals surface area contributed by atoms with E-state index in [1.807, 2.05) is 0 Å². The summed E-state index contributed by atoms with van der Waals surface area (Å²) in [6.07, 6.45) is 4.79.